The number of carbonyl (C=O) groups is 1. The molecule has 0 bridgehead atoms. The standard InChI is InChI=1S/C14H16ClF4N3O2/c15-11-2-1-9(7-20-11)12(14(17,18)19)21-5-3-10(8-21)22(6-4-16)13(23)24/h1-2,7,10,12H,3-6,8H2,(H,23,24)/t10-,12+/m0/s1. The van der Waals surface area contributed by atoms with Gasteiger partial charge in [0, 0.05) is 25.3 Å². The topological polar surface area (TPSA) is 56.7 Å². The molecule has 24 heavy (non-hydrogen) atoms. The third-order valence-corrected chi connectivity index (χ3v) is 4.17. The van der Waals surface area contributed by atoms with Gasteiger partial charge < -0.3 is 10.0 Å². The zero-order valence-corrected chi connectivity index (χ0v) is 13.3. The van der Waals surface area contributed by atoms with Crippen LogP contribution in [0.15, 0.2) is 18.3 Å². The summed E-state index contributed by atoms with van der Waals surface area (Å²) in [5.41, 5.74) is -0.0695. The van der Waals surface area contributed by atoms with Gasteiger partial charge >= 0.3 is 12.3 Å². The number of rotatable bonds is 5. The van der Waals surface area contributed by atoms with E-state index in [1.807, 2.05) is 0 Å². The molecular weight excluding hydrogens is 354 g/mol. The van der Waals surface area contributed by atoms with Gasteiger partial charge in [-0.05, 0) is 18.1 Å². The van der Waals surface area contributed by atoms with E-state index in [9.17, 15) is 22.4 Å². The van der Waals surface area contributed by atoms with Crippen LogP contribution in [-0.2, 0) is 0 Å². The van der Waals surface area contributed by atoms with Crippen LogP contribution >= 0.6 is 11.6 Å². The van der Waals surface area contributed by atoms with Gasteiger partial charge in [-0.25, -0.2) is 14.2 Å². The van der Waals surface area contributed by atoms with Crippen LogP contribution in [0.4, 0.5) is 22.4 Å². The van der Waals surface area contributed by atoms with Gasteiger partial charge in [0.2, 0.25) is 0 Å². The van der Waals surface area contributed by atoms with Crippen molar-refractivity contribution in [3.05, 3.63) is 29.0 Å². The third kappa shape index (κ3) is 4.27. The Morgan fingerprint density at radius 1 is 1.50 bits per heavy atom. The zero-order valence-electron chi connectivity index (χ0n) is 12.5. The minimum Gasteiger partial charge on any atom is -0.465 e. The molecular formula is C14H16ClF4N3O2. The van der Waals surface area contributed by atoms with E-state index in [1.165, 1.54) is 12.1 Å². The Morgan fingerprint density at radius 2 is 2.21 bits per heavy atom. The number of carboxylic acid groups (broad SMARTS) is 1. The number of likely N-dealkylation sites (tertiary alicyclic amines) is 1. The smallest absolute Gasteiger partial charge is 0.408 e. The lowest BCUT2D eigenvalue weighted by atomic mass is 10.1. The van der Waals surface area contributed by atoms with E-state index in [4.69, 9.17) is 16.7 Å². The summed E-state index contributed by atoms with van der Waals surface area (Å²) in [6.45, 7) is -1.31. The van der Waals surface area contributed by atoms with E-state index in [-0.39, 0.29) is 36.8 Å². The maximum atomic E-state index is 13.5. The molecule has 10 heteroatoms. The number of hydrogen-bond acceptors (Lipinski definition) is 3. The lowest BCUT2D eigenvalue weighted by molar-refractivity contribution is -0.184. The molecule has 1 aliphatic rings. The van der Waals surface area contributed by atoms with E-state index in [0.717, 1.165) is 16.0 Å². The maximum Gasteiger partial charge on any atom is 0.408 e. The van der Waals surface area contributed by atoms with Gasteiger partial charge in [-0.2, -0.15) is 13.2 Å². The summed E-state index contributed by atoms with van der Waals surface area (Å²) in [6, 6.07) is -0.0654. The quantitative estimate of drug-likeness (QED) is 0.638. The predicted octanol–water partition coefficient (Wildman–Crippen LogP) is 3.36. The van der Waals surface area contributed by atoms with Crippen molar-refractivity contribution in [2.75, 3.05) is 26.3 Å². The molecule has 5 nitrogen and oxygen atoms in total. The van der Waals surface area contributed by atoms with Crippen molar-refractivity contribution in [2.24, 2.45) is 0 Å². The first kappa shape index (κ1) is 18.7. The van der Waals surface area contributed by atoms with Gasteiger partial charge in [0.1, 0.15) is 17.9 Å². The van der Waals surface area contributed by atoms with Crippen molar-refractivity contribution in [3.8, 4) is 0 Å². The number of nitrogens with zero attached hydrogens (tertiary/aromatic N) is 3. The van der Waals surface area contributed by atoms with Gasteiger partial charge in [0.25, 0.3) is 0 Å². The number of hydrogen-bond donors (Lipinski definition) is 1. The van der Waals surface area contributed by atoms with Crippen molar-refractivity contribution in [1.82, 2.24) is 14.8 Å². The highest BCUT2D eigenvalue weighted by atomic mass is 35.5. The highest BCUT2D eigenvalue weighted by Gasteiger charge is 2.47. The Kier molecular flexibility index (Phi) is 5.87. The Balaban J connectivity index is 2.20. The largest absolute Gasteiger partial charge is 0.465 e. The summed E-state index contributed by atoms with van der Waals surface area (Å²) in [4.78, 5) is 16.8. The first-order valence-corrected chi connectivity index (χ1v) is 7.59. The van der Waals surface area contributed by atoms with Gasteiger partial charge in [0.15, 0.2) is 0 Å². The fourth-order valence-corrected chi connectivity index (χ4v) is 3.05. The maximum absolute atomic E-state index is 13.5. The van der Waals surface area contributed by atoms with E-state index >= 15 is 0 Å². The van der Waals surface area contributed by atoms with Crippen molar-refractivity contribution in [1.29, 1.82) is 0 Å². The molecule has 1 aromatic heterocycles. The number of pyridine rings is 1. The molecule has 1 fully saturated rings. The van der Waals surface area contributed by atoms with Crippen molar-refractivity contribution in [2.45, 2.75) is 24.7 Å². The van der Waals surface area contributed by atoms with Crippen molar-refractivity contribution < 1.29 is 27.5 Å². The minimum absolute atomic E-state index is 0.0491. The highest BCUT2D eigenvalue weighted by Crippen LogP contribution is 2.39. The summed E-state index contributed by atoms with van der Waals surface area (Å²) < 4.78 is 53.0. The van der Waals surface area contributed by atoms with Crippen LogP contribution in [0, 0.1) is 0 Å². The van der Waals surface area contributed by atoms with Gasteiger partial charge in [-0.15, -0.1) is 0 Å². The molecule has 2 rings (SSSR count). The molecule has 134 valence electrons. The lowest BCUT2D eigenvalue weighted by Crippen LogP contribution is -2.44. The van der Waals surface area contributed by atoms with E-state index in [0.29, 0.717) is 0 Å². The molecule has 1 aliphatic heterocycles. The molecule has 2 heterocycles. The van der Waals surface area contributed by atoms with Gasteiger partial charge in [0.05, 0.1) is 6.54 Å². The zero-order chi connectivity index (χ0) is 17.9. The fourth-order valence-electron chi connectivity index (χ4n) is 2.94. The Hall–Kier alpha value is -1.61. The summed E-state index contributed by atoms with van der Waals surface area (Å²) >= 11 is 5.61. The third-order valence-electron chi connectivity index (χ3n) is 3.95. The molecule has 0 spiro atoms. The number of aromatic nitrogens is 1. The van der Waals surface area contributed by atoms with Gasteiger partial charge in [-0.1, -0.05) is 17.7 Å². The number of halogens is 5. The van der Waals surface area contributed by atoms with Crippen LogP contribution < -0.4 is 0 Å². The summed E-state index contributed by atoms with van der Waals surface area (Å²) in [7, 11) is 0. The molecule has 1 N–H and O–H groups in total. The first-order valence-electron chi connectivity index (χ1n) is 7.21. The average Bonchev–Trinajstić information content (AvgIpc) is 2.94. The lowest BCUT2D eigenvalue weighted by Gasteiger charge is -2.31. The highest BCUT2D eigenvalue weighted by molar-refractivity contribution is 6.29. The number of alkyl halides is 4. The van der Waals surface area contributed by atoms with E-state index in [2.05, 4.69) is 4.98 Å². The number of amides is 1. The second-order valence-electron chi connectivity index (χ2n) is 5.46. The van der Waals surface area contributed by atoms with Crippen LogP contribution in [0.2, 0.25) is 5.15 Å². The molecule has 0 unspecified atom stereocenters. The Labute approximate surface area is 140 Å². The molecule has 2 atom stereocenters. The van der Waals surface area contributed by atoms with E-state index < -0.39 is 31.0 Å². The normalized spacial score (nSPS) is 20.1. The summed E-state index contributed by atoms with van der Waals surface area (Å²) in [6.07, 6.45) is -4.63. The molecule has 0 aliphatic carbocycles. The molecule has 0 radical (unpaired) electrons. The van der Waals surface area contributed by atoms with Crippen LogP contribution in [0.1, 0.15) is 18.0 Å². The van der Waals surface area contributed by atoms with E-state index in [1.54, 1.807) is 0 Å². The Bertz CT molecular complexity index is 570. The average molecular weight is 370 g/mol. The van der Waals surface area contributed by atoms with Crippen molar-refractivity contribution >= 4 is 17.7 Å². The molecule has 1 amide bonds. The van der Waals surface area contributed by atoms with Crippen LogP contribution in [0.25, 0.3) is 0 Å². The van der Waals surface area contributed by atoms with Gasteiger partial charge in [-0.3, -0.25) is 4.90 Å². The summed E-state index contributed by atoms with van der Waals surface area (Å²) in [5, 5.41) is 9.17. The predicted molar refractivity (Wildman–Crippen MR) is 78.7 cm³/mol. The van der Waals surface area contributed by atoms with Crippen molar-refractivity contribution in [3.63, 3.8) is 0 Å². The van der Waals surface area contributed by atoms with Crippen LogP contribution in [0.3, 0.4) is 0 Å². The molecule has 0 aromatic carbocycles. The Morgan fingerprint density at radius 3 is 2.71 bits per heavy atom. The second kappa shape index (κ2) is 7.52. The van der Waals surface area contributed by atoms with Crippen LogP contribution in [-0.4, -0.2) is 64.5 Å². The monoisotopic (exact) mass is 369 g/mol. The molecule has 1 aromatic rings. The second-order valence-corrected chi connectivity index (χ2v) is 5.85. The first-order chi connectivity index (χ1) is 11.2. The minimum atomic E-state index is -4.56. The summed E-state index contributed by atoms with van der Waals surface area (Å²) in [5.74, 6) is 0. The molecule has 1 saturated heterocycles. The molecule has 0 saturated carbocycles. The SMILES string of the molecule is O=C(O)N(CCF)[C@H]1CCN([C@H](c2ccc(Cl)nc2)C(F)(F)F)C1. The fraction of sp³-hybridized carbons (Fsp3) is 0.571. The van der Waals surface area contributed by atoms with Crippen LogP contribution in [0.5, 0.6) is 0 Å².